The van der Waals surface area contributed by atoms with Crippen LogP contribution < -0.4 is 4.90 Å². The highest BCUT2D eigenvalue weighted by atomic mass is 16.2. The summed E-state index contributed by atoms with van der Waals surface area (Å²) >= 11 is 0. The van der Waals surface area contributed by atoms with E-state index in [1.165, 1.54) is 32.1 Å². The molecule has 0 spiro atoms. The highest BCUT2D eigenvalue weighted by Crippen LogP contribution is 2.34. The van der Waals surface area contributed by atoms with Gasteiger partial charge in [0.1, 0.15) is 0 Å². The van der Waals surface area contributed by atoms with Crippen LogP contribution in [0.1, 0.15) is 69.5 Å². The van der Waals surface area contributed by atoms with Gasteiger partial charge in [-0.1, -0.05) is 43.5 Å². The third kappa shape index (κ3) is 5.75. The minimum atomic E-state index is 0.0625. The topological polar surface area (TPSA) is 60.0 Å². The van der Waals surface area contributed by atoms with Crippen LogP contribution in [0.4, 0.5) is 5.69 Å². The zero-order chi connectivity index (χ0) is 26.8. The maximum Gasteiger partial charge on any atom is 0.228 e. The number of anilines is 1. The predicted molar refractivity (Wildman–Crippen MR) is 153 cm³/mol. The summed E-state index contributed by atoms with van der Waals surface area (Å²) in [4.78, 5) is 40.8. The number of aromatic nitrogens is 1. The number of rotatable bonds is 4. The normalized spacial score (nSPS) is 25.6. The van der Waals surface area contributed by atoms with E-state index in [0.29, 0.717) is 31.2 Å². The molecule has 4 aliphatic rings. The molecule has 2 bridgehead atoms. The summed E-state index contributed by atoms with van der Waals surface area (Å²) in [5.74, 6) is 0.425. The number of likely N-dealkylation sites (tertiary alicyclic amines) is 1. The molecule has 2 aromatic rings. The summed E-state index contributed by atoms with van der Waals surface area (Å²) in [6.07, 6.45) is 11.5. The van der Waals surface area contributed by atoms with Crippen molar-refractivity contribution >= 4 is 17.5 Å². The first-order valence-corrected chi connectivity index (χ1v) is 15.1. The van der Waals surface area contributed by atoms with Crippen molar-refractivity contribution in [3.63, 3.8) is 0 Å². The second-order valence-corrected chi connectivity index (χ2v) is 12.1. The molecule has 2 amide bonds. The molecule has 3 fully saturated rings. The second kappa shape index (κ2) is 11.8. The lowest BCUT2D eigenvalue weighted by Crippen LogP contribution is -2.58. The molecule has 6 rings (SSSR count). The lowest BCUT2D eigenvalue weighted by molar-refractivity contribution is -0.144. The van der Waals surface area contributed by atoms with Gasteiger partial charge >= 0.3 is 0 Å². The van der Waals surface area contributed by atoms with Crippen LogP contribution in [0.2, 0.25) is 0 Å². The maximum absolute atomic E-state index is 14.1. The highest BCUT2D eigenvalue weighted by molar-refractivity contribution is 5.92. The first kappa shape index (κ1) is 26.5. The molecule has 3 aliphatic heterocycles. The van der Waals surface area contributed by atoms with Gasteiger partial charge in [0.05, 0.1) is 11.6 Å². The monoisotopic (exact) mass is 529 g/mol. The van der Waals surface area contributed by atoms with Crippen molar-refractivity contribution in [2.24, 2.45) is 5.92 Å². The first-order valence-electron chi connectivity index (χ1n) is 15.1. The smallest absolute Gasteiger partial charge is 0.228 e. The number of para-hydroxylation sites is 1. The quantitative estimate of drug-likeness (QED) is 0.585. The molecule has 1 aromatic carbocycles. The van der Waals surface area contributed by atoms with Gasteiger partial charge in [0.25, 0.3) is 0 Å². The van der Waals surface area contributed by atoms with E-state index in [0.717, 1.165) is 62.4 Å². The number of fused-ring (bicyclic) bond motifs is 3. The number of pyridine rings is 1. The molecular formula is C32H43N5O2. The summed E-state index contributed by atoms with van der Waals surface area (Å²) in [6, 6.07) is 15.6. The molecule has 1 aliphatic carbocycles. The Kier molecular flexibility index (Phi) is 7.98. The van der Waals surface area contributed by atoms with Crippen LogP contribution in [-0.2, 0) is 22.7 Å². The largest absolute Gasteiger partial charge is 0.336 e. The van der Waals surface area contributed by atoms with Gasteiger partial charge < -0.3 is 9.80 Å². The SMILES string of the molecule is CC(=O)N1CC[C@@H]2CC[C@H](CN(C(=O)C3CN(C4CCCCC4)C3)Cc3ccccc31)N2Cc1ccccn1. The predicted octanol–water partition coefficient (Wildman–Crippen LogP) is 4.46. The zero-order valence-electron chi connectivity index (χ0n) is 23.4. The lowest BCUT2D eigenvalue weighted by atomic mass is 9.88. The molecule has 2 atom stereocenters. The van der Waals surface area contributed by atoms with E-state index in [1.54, 1.807) is 6.92 Å². The Morgan fingerprint density at radius 2 is 1.62 bits per heavy atom. The van der Waals surface area contributed by atoms with Crippen LogP contribution >= 0.6 is 0 Å². The Labute approximate surface area is 233 Å². The van der Waals surface area contributed by atoms with Gasteiger partial charge in [-0.05, 0) is 55.9 Å². The van der Waals surface area contributed by atoms with Crippen molar-refractivity contribution in [1.29, 1.82) is 0 Å². The third-order valence-electron chi connectivity index (χ3n) is 9.64. The average Bonchev–Trinajstić information content (AvgIpc) is 3.28. The Bertz CT molecular complexity index is 1140. The Balaban J connectivity index is 1.27. The van der Waals surface area contributed by atoms with Gasteiger partial charge in [0, 0.05) is 76.2 Å². The van der Waals surface area contributed by atoms with Crippen LogP contribution in [0, 0.1) is 5.92 Å². The molecule has 0 N–H and O–H groups in total. The highest BCUT2D eigenvalue weighted by Gasteiger charge is 2.42. The van der Waals surface area contributed by atoms with Crippen LogP contribution in [-0.4, -0.2) is 75.8 Å². The molecule has 0 unspecified atom stereocenters. The number of carbonyl (C=O) groups excluding carboxylic acids is 2. The fraction of sp³-hybridized carbons (Fsp3) is 0.594. The van der Waals surface area contributed by atoms with Crippen molar-refractivity contribution in [1.82, 2.24) is 19.7 Å². The van der Waals surface area contributed by atoms with Gasteiger partial charge in [-0.2, -0.15) is 0 Å². The van der Waals surface area contributed by atoms with E-state index in [1.807, 2.05) is 29.3 Å². The summed E-state index contributed by atoms with van der Waals surface area (Å²) in [7, 11) is 0. The maximum atomic E-state index is 14.1. The van der Waals surface area contributed by atoms with Crippen LogP contribution in [0.25, 0.3) is 0 Å². The van der Waals surface area contributed by atoms with E-state index >= 15 is 0 Å². The van der Waals surface area contributed by atoms with Crippen molar-refractivity contribution in [3.8, 4) is 0 Å². The van der Waals surface area contributed by atoms with Crippen molar-refractivity contribution in [2.75, 3.05) is 31.1 Å². The number of amides is 2. The zero-order valence-corrected chi connectivity index (χ0v) is 23.4. The summed E-state index contributed by atoms with van der Waals surface area (Å²) in [6.45, 7) is 6.21. The van der Waals surface area contributed by atoms with E-state index in [-0.39, 0.29) is 17.7 Å². The molecule has 4 heterocycles. The van der Waals surface area contributed by atoms with E-state index in [2.05, 4.69) is 43.9 Å². The molecule has 1 saturated carbocycles. The van der Waals surface area contributed by atoms with Crippen LogP contribution in [0.3, 0.4) is 0 Å². The molecule has 7 heteroatoms. The van der Waals surface area contributed by atoms with Gasteiger partial charge in [-0.25, -0.2) is 0 Å². The van der Waals surface area contributed by atoms with Crippen molar-refractivity contribution < 1.29 is 9.59 Å². The van der Waals surface area contributed by atoms with Crippen LogP contribution in [0.5, 0.6) is 0 Å². The van der Waals surface area contributed by atoms with Gasteiger partial charge in [0.2, 0.25) is 11.8 Å². The number of carbonyl (C=O) groups is 2. The first-order chi connectivity index (χ1) is 19.1. The molecule has 0 radical (unpaired) electrons. The van der Waals surface area contributed by atoms with Crippen molar-refractivity contribution in [3.05, 3.63) is 59.9 Å². The molecule has 39 heavy (non-hydrogen) atoms. The lowest BCUT2D eigenvalue weighted by Gasteiger charge is -2.46. The van der Waals surface area contributed by atoms with E-state index in [4.69, 9.17) is 0 Å². The average molecular weight is 530 g/mol. The fourth-order valence-electron chi connectivity index (χ4n) is 7.46. The summed E-state index contributed by atoms with van der Waals surface area (Å²) < 4.78 is 0. The van der Waals surface area contributed by atoms with Gasteiger partial charge in [-0.3, -0.25) is 24.4 Å². The number of hydrogen-bond donors (Lipinski definition) is 0. The summed E-state index contributed by atoms with van der Waals surface area (Å²) in [5, 5.41) is 0. The minimum Gasteiger partial charge on any atom is -0.336 e. The number of hydrogen-bond acceptors (Lipinski definition) is 5. The van der Waals surface area contributed by atoms with E-state index in [9.17, 15) is 9.59 Å². The molecule has 7 nitrogen and oxygen atoms in total. The van der Waals surface area contributed by atoms with Crippen LogP contribution in [0.15, 0.2) is 48.7 Å². The number of benzene rings is 1. The Morgan fingerprint density at radius 1 is 0.846 bits per heavy atom. The van der Waals surface area contributed by atoms with Gasteiger partial charge in [-0.15, -0.1) is 0 Å². The fourth-order valence-corrected chi connectivity index (χ4v) is 7.46. The molecular weight excluding hydrogens is 486 g/mol. The van der Waals surface area contributed by atoms with Crippen molar-refractivity contribution in [2.45, 2.75) is 89.5 Å². The Hall–Kier alpha value is -2.77. The summed E-state index contributed by atoms with van der Waals surface area (Å²) in [5.41, 5.74) is 3.09. The third-order valence-corrected chi connectivity index (χ3v) is 9.64. The minimum absolute atomic E-state index is 0.0625. The van der Waals surface area contributed by atoms with E-state index < -0.39 is 0 Å². The number of nitrogens with zero attached hydrogens (tertiary/aromatic N) is 5. The second-order valence-electron chi connectivity index (χ2n) is 12.1. The standard InChI is InChI=1S/C32H43N5O2/c1-24(38)36-18-16-29-14-15-30(37(29)22-27-10-7-8-17-33-27)23-35(19-25-9-5-6-13-31(25)36)32(39)26-20-34(21-26)28-11-3-2-4-12-28/h5-10,13,17,26,28-30H,2-4,11-12,14-16,18-23H2,1H3/t29-,30+/m0/s1. The van der Waals surface area contributed by atoms with Gasteiger partial charge in [0.15, 0.2) is 0 Å². The molecule has 1 aromatic heterocycles. The Morgan fingerprint density at radius 3 is 2.38 bits per heavy atom. The molecule has 2 saturated heterocycles. The molecule has 208 valence electrons.